The van der Waals surface area contributed by atoms with Crippen molar-refractivity contribution in [3.05, 3.63) is 36.7 Å². The lowest BCUT2D eigenvalue weighted by atomic mass is 10.2. The van der Waals surface area contributed by atoms with Gasteiger partial charge in [0.15, 0.2) is 0 Å². The third-order valence-corrected chi connectivity index (χ3v) is 3.55. The average molecular weight is 286 g/mol. The number of nitrogens with zero attached hydrogens (tertiary/aromatic N) is 3. The number of benzene rings is 1. The zero-order valence-electron chi connectivity index (χ0n) is 11.7. The molecule has 0 atom stereocenters. The Kier molecular flexibility index (Phi) is 3.87. The van der Waals surface area contributed by atoms with Gasteiger partial charge in [0.2, 0.25) is 5.91 Å². The van der Waals surface area contributed by atoms with E-state index in [4.69, 9.17) is 10.5 Å². The first-order chi connectivity index (χ1) is 10.2. The number of anilines is 1. The molecule has 0 aliphatic carbocycles. The minimum atomic E-state index is 0.0907. The van der Waals surface area contributed by atoms with Gasteiger partial charge in [0.25, 0.3) is 0 Å². The first-order valence-corrected chi connectivity index (χ1v) is 6.96. The van der Waals surface area contributed by atoms with Crippen LogP contribution in [-0.2, 0) is 16.1 Å². The maximum absolute atomic E-state index is 12.3. The Balaban J connectivity index is 1.76. The molecule has 21 heavy (non-hydrogen) atoms. The van der Waals surface area contributed by atoms with Crippen LogP contribution in [0, 0.1) is 0 Å². The van der Waals surface area contributed by atoms with Crippen LogP contribution in [-0.4, -0.2) is 46.7 Å². The van der Waals surface area contributed by atoms with Crippen molar-refractivity contribution in [3.8, 4) is 11.4 Å². The number of nitrogen functional groups attached to an aromatic ring is 1. The van der Waals surface area contributed by atoms with E-state index < -0.39 is 0 Å². The molecule has 2 heterocycles. The highest BCUT2D eigenvalue weighted by Gasteiger charge is 2.18. The molecule has 6 nitrogen and oxygen atoms in total. The van der Waals surface area contributed by atoms with Crippen molar-refractivity contribution in [3.63, 3.8) is 0 Å². The summed E-state index contributed by atoms with van der Waals surface area (Å²) >= 11 is 0. The molecule has 0 spiro atoms. The normalized spacial score (nSPS) is 15.1. The number of imidazole rings is 1. The van der Waals surface area contributed by atoms with Crippen LogP contribution in [0.5, 0.6) is 0 Å². The van der Waals surface area contributed by atoms with Crippen LogP contribution in [0.1, 0.15) is 0 Å². The zero-order valence-corrected chi connectivity index (χ0v) is 11.7. The second-order valence-electron chi connectivity index (χ2n) is 4.99. The highest BCUT2D eigenvalue weighted by Crippen LogP contribution is 2.19. The number of rotatable bonds is 3. The van der Waals surface area contributed by atoms with Crippen LogP contribution in [0.4, 0.5) is 5.69 Å². The van der Waals surface area contributed by atoms with Crippen LogP contribution in [0.3, 0.4) is 0 Å². The van der Waals surface area contributed by atoms with Crippen molar-refractivity contribution in [2.75, 3.05) is 32.0 Å². The summed E-state index contributed by atoms with van der Waals surface area (Å²) in [5, 5.41) is 0. The molecule has 0 radical (unpaired) electrons. The Morgan fingerprint density at radius 2 is 1.95 bits per heavy atom. The van der Waals surface area contributed by atoms with E-state index in [1.54, 1.807) is 6.20 Å². The molecule has 2 aromatic rings. The number of morpholine rings is 1. The Morgan fingerprint density at radius 1 is 1.24 bits per heavy atom. The van der Waals surface area contributed by atoms with E-state index in [1.807, 2.05) is 39.9 Å². The van der Waals surface area contributed by atoms with E-state index in [9.17, 15) is 4.79 Å². The summed E-state index contributed by atoms with van der Waals surface area (Å²) < 4.78 is 7.13. The van der Waals surface area contributed by atoms with Gasteiger partial charge < -0.3 is 19.9 Å². The quantitative estimate of drug-likeness (QED) is 0.854. The summed E-state index contributed by atoms with van der Waals surface area (Å²) in [6.07, 6.45) is 3.53. The van der Waals surface area contributed by atoms with Gasteiger partial charge in [0, 0.05) is 36.7 Å². The van der Waals surface area contributed by atoms with Crippen LogP contribution in [0.2, 0.25) is 0 Å². The Hall–Kier alpha value is -2.34. The molecule has 110 valence electrons. The fourth-order valence-electron chi connectivity index (χ4n) is 2.39. The third-order valence-electron chi connectivity index (χ3n) is 3.55. The second kappa shape index (κ2) is 5.97. The van der Waals surface area contributed by atoms with Crippen molar-refractivity contribution in [1.82, 2.24) is 14.5 Å². The molecule has 6 heteroatoms. The molecule has 2 N–H and O–H groups in total. The topological polar surface area (TPSA) is 73.4 Å². The highest BCUT2D eigenvalue weighted by molar-refractivity contribution is 5.77. The molecule has 1 aliphatic rings. The molecule has 1 aliphatic heterocycles. The lowest BCUT2D eigenvalue weighted by molar-refractivity contribution is -0.135. The summed E-state index contributed by atoms with van der Waals surface area (Å²) in [4.78, 5) is 18.5. The SMILES string of the molecule is Nc1ccc(-c2nccn2CC(=O)N2CCOCC2)cc1. The molecule has 0 saturated carbocycles. The summed E-state index contributed by atoms with van der Waals surface area (Å²) in [5.74, 6) is 0.865. The van der Waals surface area contributed by atoms with Crippen LogP contribution in [0.25, 0.3) is 11.4 Å². The predicted octanol–water partition coefficient (Wildman–Crippen LogP) is 0.991. The molecule has 1 aromatic heterocycles. The smallest absolute Gasteiger partial charge is 0.242 e. The number of amides is 1. The highest BCUT2D eigenvalue weighted by atomic mass is 16.5. The van der Waals surface area contributed by atoms with Crippen molar-refractivity contribution < 1.29 is 9.53 Å². The monoisotopic (exact) mass is 286 g/mol. The van der Waals surface area contributed by atoms with E-state index in [2.05, 4.69) is 4.98 Å². The number of carbonyl (C=O) groups is 1. The third kappa shape index (κ3) is 3.05. The molecular weight excluding hydrogens is 268 g/mol. The lowest BCUT2D eigenvalue weighted by Crippen LogP contribution is -2.42. The van der Waals surface area contributed by atoms with E-state index in [1.165, 1.54) is 0 Å². The molecule has 1 saturated heterocycles. The fraction of sp³-hybridized carbons (Fsp3) is 0.333. The standard InChI is InChI=1S/C15H18N4O2/c16-13-3-1-12(2-4-13)15-17-5-6-19(15)11-14(20)18-7-9-21-10-8-18/h1-6H,7-11,16H2. The average Bonchev–Trinajstić information content (AvgIpc) is 2.97. The number of hydrogen-bond donors (Lipinski definition) is 1. The van der Waals surface area contributed by atoms with Gasteiger partial charge in [-0.2, -0.15) is 0 Å². The molecule has 1 amide bonds. The van der Waals surface area contributed by atoms with Gasteiger partial charge in [-0.15, -0.1) is 0 Å². The Labute approximate surface area is 123 Å². The first kappa shape index (κ1) is 13.6. The van der Waals surface area contributed by atoms with E-state index in [0.29, 0.717) is 38.5 Å². The maximum Gasteiger partial charge on any atom is 0.242 e. The number of nitrogens with two attached hydrogens (primary N) is 1. The number of carbonyl (C=O) groups excluding carboxylic acids is 1. The van der Waals surface area contributed by atoms with E-state index in [-0.39, 0.29) is 5.91 Å². The molecule has 1 fully saturated rings. The van der Waals surface area contributed by atoms with Crippen LogP contribution < -0.4 is 5.73 Å². The minimum Gasteiger partial charge on any atom is -0.399 e. The number of ether oxygens (including phenoxy) is 1. The van der Waals surface area contributed by atoms with Gasteiger partial charge in [-0.1, -0.05) is 0 Å². The number of hydrogen-bond acceptors (Lipinski definition) is 4. The lowest BCUT2D eigenvalue weighted by Gasteiger charge is -2.27. The maximum atomic E-state index is 12.3. The predicted molar refractivity (Wildman–Crippen MR) is 79.5 cm³/mol. The van der Waals surface area contributed by atoms with Gasteiger partial charge in [0.1, 0.15) is 12.4 Å². The molecule has 3 rings (SSSR count). The molecule has 1 aromatic carbocycles. The van der Waals surface area contributed by atoms with Gasteiger partial charge in [-0.3, -0.25) is 4.79 Å². The van der Waals surface area contributed by atoms with Gasteiger partial charge in [-0.05, 0) is 24.3 Å². The molecule has 0 unspecified atom stereocenters. The first-order valence-electron chi connectivity index (χ1n) is 6.96. The van der Waals surface area contributed by atoms with Crippen molar-refractivity contribution in [1.29, 1.82) is 0 Å². The van der Waals surface area contributed by atoms with Crippen LogP contribution in [0.15, 0.2) is 36.7 Å². The van der Waals surface area contributed by atoms with Gasteiger partial charge >= 0.3 is 0 Å². The van der Waals surface area contributed by atoms with E-state index in [0.717, 1.165) is 11.4 Å². The largest absolute Gasteiger partial charge is 0.399 e. The summed E-state index contributed by atoms with van der Waals surface area (Å²) in [7, 11) is 0. The Morgan fingerprint density at radius 3 is 2.67 bits per heavy atom. The number of aromatic nitrogens is 2. The van der Waals surface area contributed by atoms with E-state index >= 15 is 0 Å². The van der Waals surface area contributed by atoms with Crippen LogP contribution >= 0.6 is 0 Å². The molecule has 0 bridgehead atoms. The fourth-order valence-corrected chi connectivity index (χ4v) is 2.39. The summed E-state index contributed by atoms with van der Waals surface area (Å²) in [5.41, 5.74) is 7.35. The van der Waals surface area contributed by atoms with Gasteiger partial charge in [0.05, 0.1) is 13.2 Å². The van der Waals surface area contributed by atoms with Crippen molar-refractivity contribution >= 4 is 11.6 Å². The second-order valence-corrected chi connectivity index (χ2v) is 4.99. The summed E-state index contributed by atoms with van der Waals surface area (Å²) in [6.45, 7) is 2.83. The summed E-state index contributed by atoms with van der Waals surface area (Å²) in [6, 6.07) is 7.48. The van der Waals surface area contributed by atoms with Crippen molar-refractivity contribution in [2.45, 2.75) is 6.54 Å². The molecular formula is C15H18N4O2. The Bertz CT molecular complexity index is 615. The zero-order chi connectivity index (χ0) is 14.7. The van der Waals surface area contributed by atoms with Gasteiger partial charge in [-0.25, -0.2) is 4.98 Å². The minimum absolute atomic E-state index is 0.0907. The van der Waals surface area contributed by atoms with Crippen molar-refractivity contribution in [2.24, 2.45) is 0 Å².